The fraction of sp³-hybridized carbons (Fsp3) is 0.677. The van der Waals surface area contributed by atoms with E-state index in [2.05, 4.69) is 130 Å². The van der Waals surface area contributed by atoms with Crippen molar-refractivity contribution >= 4 is 17.9 Å². The van der Waals surface area contributed by atoms with E-state index < -0.39 is 6.10 Å². The highest BCUT2D eigenvalue weighted by atomic mass is 16.6. The second kappa shape index (κ2) is 58.6. The van der Waals surface area contributed by atoms with Gasteiger partial charge in [0.05, 0.1) is 0 Å². The van der Waals surface area contributed by atoms with Gasteiger partial charge in [0.25, 0.3) is 0 Å². The second-order valence-corrected chi connectivity index (χ2v) is 19.1. The van der Waals surface area contributed by atoms with Gasteiger partial charge in [-0.05, 0) is 122 Å². The summed E-state index contributed by atoms with van der Waals surface area (Å²) in [5.74, 6) is -0.971. The lowest BCUT2D eigenvalue weighted by Crippen LogP contribution is -2.30. The van der Waals surface area contributed by atoms with Crippen LogP contribution in [0.1, 0.15) is 265 Å². The Kier molecular flexibility index (Phi) is 55.4. The first kappa shape index (κ1) is 67.1. The Hall–Kier alpha value is -3.93. The summed E-state index contributed by atoms with van der Waals surface area (Å²) in [6.07, 6.45) is 79.4. The van der Waals surface area contributed by atoms with Crippen LogP contribution in [0, 0.1) is 0 Å². The molecule has 0 bridgehead atoms. The molecule has 0 heterocycles. The molecule has 0 aromatic rings. The third-order valence-corrected chi connectivity index (χ3v) is 12.2. The molecule has 404 valence electrons. The van der Waals surface area contributed by atoms with Crippen molar-refractivity contribution in [3.8, 4) is 0 Å². The minimum atomic E-state index is -0.811. The predicted molar refractivity (Wildman–Crippen MR) is 307 cm³/mol. The molecular weight excluding hydrogens is 877 g/mol. The number of rotatable bonds is 52. The van der Waals surface area contributed by atoms with E-state index in [0.717, 1.165) is 122 Å². The van der Waals surface area contributed by atoms with Gasteiger partial charge in [-0.25, -0.2) is 0 Å². The van der Waals surface area contributed by atoms with Crippen molar-refractivity contribution in [1.29, 1.82) is 0 Å². The zero-order valence-electron chi connectivity index (χ0n) is 46.2. The van der Waals surface area contributed by atoms with E-state index in [1.165, 1.54) is 103 Å². The van der Waals surface area contributed by atoms with Crippen molar-refractivity contribution in [1.82, 2.24) is 0 Å². The number of carbonyl (C=O) groups excluding carboxylic acids is 3. The lowest BCUT2D eigenvalue weighted by atomic mass is 10.1. The van der Waals surface area contributed by atoms with Crippen LogP contribution in [-0.2, 0) is 28.6 Å². The fourth-order valence-electron chi connectivity index (χ4n) is 7.89. The summed E-state index contributed by atoms with van der Waals surface area (Å²) in [7, 11) is 0. The van der Waals surface area contributed by atoms with Crippen molar-refractivity contribution < 1.29 is 28.6 Å². The number of ether oxygens (including phenoxy) is 3. The lowest BCUT2D eigenvalue weighted by molar-refractivity contribution is -0.167. The molecular formula is C65H108O6. The van der Waals surface area contributed by atoms with Crippen LogP contribution in [0.25, 0.3) is 0 Å². The van der Waals surface area contributed by atoms with Crippen LogP contribution in [-0.4, -0.2) is 37.2 Å². The SMILES string of the molecule is CC/C=C\C/C=C\C/C=C\C/C=C\CCCCCCC(=O)OC(COC(=O)CCCC/C=C\C/C=C\C/C=C\C/C=C\CC)COC(=O)CCCCCCCCCCC/C=C\CCCCCCCCCC. The van der Waals surface area contributed by atoms with Gasteiger partial charge in [0, 0.05) is 19.3 Å². The van der Waals surface area contributed by atoms with E-state index >= 15 is 0 Å². The zero-order valence-corrected chi connectivity index (χ0v) is 46.2. The van der Waals surface area contributed by atoms with Gasteiger partial charge < -0.3 is 14.2 Å². The zero-order chi connectivity index (χ0) is 51.4. The third-order valence-electron chi connectivity index (χ3n) is 12.2. The Morgan fingerprint density at radius 2 is 0.549 bits per heavy atom. The summed E-state index contributed by atoms with van der Waals surface area (Å²) in [5.41, 5.74) is 0. The largest absolute Gasteiger partial charge is 0.462 e. The molecule has 0 fully saturated rings. The molecule has 0 radical (unpaired) electrons. The molecule has 0 aliphatic carbocycles. The van der Waals surface area contributed by atoms with Gasteiger partial charge >= 0.3 is 17.9 Å². The number of hydrogen-bond acceptors (Lipinski definition) is 6. The van der Waals surface area contributed by atoms with Crippen LogP contribution >= 0.6 is 0 Å². The molecule has 0 spiro atoms. The van der Waals surface area contributed by atoms with Crippen molar-refractivity contribution in [3.63, 3.8) is 0 Å². The molecule has 6 heteroatoms. The average molecular weight is 986 g/mol. The molecule has 1 unspecified atom stereocenters. The van der Waals surface area contributed by atoms with Gasteiger partial charge in [-0.15, -0.1) is 0 Å². The number of esters is 3. The van der Waals surface area contributed by atoms with Crippen LogP contribution in [0.3, 0.4) is 0 Å². The molecule has 0 saturated heterocycles. The van der Waals surface area contributed by atoms with Gasteiger partial charge in [-0.2, -0.15) is 0 Å². The molecule has 0 aliphatic rings. The maximum Gasteiger partial charge on any atom is 0.306 e. The van der Waals surface area contributed by atoms with Crippen LogP contribution in [0.4, 0.5) is 0 Å². The number of unbranched alkanes of at least 4 members (excludes halogenated alkanes) is 23. The van der Waals surface area contributed by atoms with E-state index in [1.807, 2.05) is 0 Å². The first-order chi connectivity index (χ1) is 35.0. The summed E-state index contributed by atoms with van der Waals surface area (Å²) in [5, 5.41) is 0. The number of carbonyl (C=O) groups is 3. The summed E-state index contributed by atoms with van der Waals surface area (Å²) in [4.78, 5) is 38.2. The van der Waals surface area contributed by atoms with E-state index in [1.54, 1.807) is 0 Å². The molecule has 0 aromatic heterocycles. The quantitative estimate of drug-likeness (QED) is 0.0261. The Balaban J connectivity index is 4.45. The van der Waals surface area contributed by atoms with E-state index in [0.29, 0.717) is 12.8 Å². The maximum atomic E-state index is 12.9. The third kappa shape index (κ3) is 56.9. The molecule has 71 heavy (non-hydrogen) atoms. The standard InChI is InChI=1S/C65H108O6/c1-4-7-10-13-16-19-22-25-28-30-31-32-33-35-37-40-43-46-49-52-55-58-64(67)70-61-62(60-69-63(66)57-54-51-48-45-42-39-36-27-24-21-18-15-12-9-6-3)71-65(68)59-56-53-50-47-44-41-38-34-29-26-23-20-17-14-11-8-5-2/h8-9,11-12,17-18,20-21,26-27,29-31,36,38,41-42,45,62H,4-7,10,13-16,19,22-25,28,32-35,37,39-40,43-44,46-61H2,1-3H3/b11-8-,12-9-,20-17-,21-18-,29-26-,31-30-,36-27-,41-38-,45-42-. The van der Waals surface area contributed by atoms with E-state index in [4.69, 9.17) is 14.2 Å². The van der Waals surface area contributed by atoms with Crippen LogP contribution in [0.15, 0.2) is 109 Å². The summed E-state index contributed by atoms with van der Waals surface area (Å²) >= 11 is 0. The van der Waals surface area contributed by atoms with Gasteiger partial charge in [0.15, 0.2) is 6.10 Å². The van der Waals surface area contributed by atoms with Crippen molar-refractivity contribution in [2.45, 2.75) is 271 Å². The van der Waals surface area contributed by atoms with Crippen molar-refractivity contribution in [2.75, 3.05) is 13.2 Å². The minimum absolute atomic E-state index is 0.104. The smallest absolute Gasteiger partial charge is 0.306 e. The van der Waals surface area contributed by atoms with E-state index in [9.17, 15) is 14.4 Å². The molecule has 0 aliphatic heterocycles. The highest BCUT2D eigenvalue weighted by Crippen LogP contribution is 2.15. The Labute approximate surface area is 438 Å². The van der Waals surface area contributed by atoms with E-state index in [-0.39, 0.29) is 37.5 Å². The predicted octanol–water partition coefficient (Wildman–Crippen LogP) is 19.9. The van der Waals surface area contributed by atoms with Gasteiger partial charge in [-0.3, -0.25) is 14.4 Å². The van der Waals surface area contributed by atoms with Gasteiger partial charge in [0.1, 0.15) is 13.2 Å². The first-order valence-corrected chi connectivity index (χ1v) is 29.4. The highest BCUT2D eigenvalue weighted by molar-refractivity contribution is 5.71. The Bertz CT molecular complexity index is 1460. The summed E-state index contributed by atoms with van der Waals surface area (Å²) in [6, 6.07) is 0. The molecule has 6 nitrogen and oxygen atoms in total. The normalized spacial score (nSPS) is 12.9. The second-order valence-electron chi connectivity index (χ2n) is 19.1. The minimum Gasteiger partial charge on any atom is -0.462 e. The van der Waals surface area contributed by atoms with Crippen molar-refractivity contribution in [2.24, 2.45) is 0 Å². The fourth-order valence-corrected chi connectivity index (χ4v) is 7.89. The first-order valence-electron chi connectivity index (χ1n) is 29.4. The highest BCUT2D eigenvalue weighted by Gasteiger charge is 2.19. The topological polar surface area (TPSA) is 78.9 Å². The van der Waals surface area contributed by atoms with Gasteiger partial charge in [0.2, 0.25) is 0 Å². The molecule has 0 saturated carbocycles. The molecule has 1 atom stereocenters. The van der Waals surface area contributed by atoms with Crippen LogP contribution in [0.2, 0.25) is 0 Å². The van der Waals surface area contributed by atoms with Gasteiger partial charge in [-0.1, -0.05) is 233 Å². The lowest BCUT2D eigenvalue weighted by Gasteiger charge is -2.18. The molecule has 0 rings (SSSR count). The summed E-state index contributed by atoms with van der Waals surface area (Å²) in [6.45, 7) is 6.36. The average Bonchev–Trinajstić information content (AvgIpc) is 3.37. The number of allylic oxidation sites excluding steroid dienone is 18. The Morgan fingerprint density at radius 3 is 0.901 bits per heavy atom. The number of hydrogen-bond donors (Lipinski definition) is 0. The molecule has 0 N–H and O–H groups in total. The van der Waals surface area contributed by atoms with Crippen LogP contribution < -0.4 is 0 Å². The Morgan fingerprint density at radius 1 is 0.296 bits per heavy atom. The van der Waals surface area contributed by atoms with Crippen LogP contribution in [0.5, 0.6) is 0 Å². The summed E-state index contributed by atoms with van der Waals surface area (Å²) < 4.78 is 16.8. The van der Waals surface area contributed by atoms with Crippen molar-refractivity contribution in [3.05, 3.63) is 109 Å². The molecule has 0 amide bonds. The maximum absolute atomic E-state index is 12.9. The molecule has 0 aromatic carbocycles. The monoisotopic (exact) mass is 985 g/mol.